The first kappa shape index (κ1) is 13.5. The predicted octanol–water partition coefficient (Wildman–Crippen LogP) is 2.02. The van der Waals surface area contributed by atoms with Crippen LogP contribution in [0.15, 0.2) is 30.3 Å². The fraction of sp³-hybridized carbons (Fsp3) is 0.571. The Hall–Kier alpha value is -0.603. The Morgan fingerprint density at radius 2 is 1.62 bits per heavy atom. The highest BCUT2D eigenvalue weighted by atomic mass is 28.2. The van der Waals surface area contributed by atoms with Gasteiger partial charge >= 0.3 is 0 Å². The van der Waals surface area contributed by atoms with Gasteiger partial charge in [-0.05, 0) is 18.1 Å². The minimum atomic E-state index is -0.187. The van der Waals surface area contributed by atoms with Crippen molar-refractivity contribution >= 4 is 14.7 Å². The fourth-order valence-corrected chi connectivity index (χ4v) is 4.30. The van der Waals surface area contributed by atoms with E-state index in [9.17, 15) is 0 Å². The molecule has 0 aromatic heterocycles. The van der Waals surface area contributed by atoms with Crippen LogP contribution in [0.3, 0.4) is 0 Å². The molecule has 0 radical (unpaired) electrons. The van der Waals surface area contributed by atoms with Crippen molar-refractivity contribution in [2.45, 2.75) is 32.7 Å². The Kier molecular flexibility index (Phi) is 5.23. The summed E-state index contributed by atoms with van der Waals surface area (Å²) in [6.07, 6.45) is 0. The molecular weight excluding hydrogens is 210 g/mol. The average Bonchev–Trinajstić information content (AvgIpc) is 2.26. The Balaban J connectivity index is 2.57. The van der Waals surface area contributed by atoms with Crippen LogP contribution in [0.5, 0.6) is 0 Å². The third-order valence-electron chi connectivity index (χ3n) is 3.07. The van der Waals surface area contributed by atoms with Gasteiger partial charge in [-0.15, -0.1) is 0 Å². The Morgan fingerprint density at radius 3 is 2.12 bits per heavy atom. The second-order valence-corrected chi connectivity index (χ2v) is 8.37. The Morgan fingerprint density at radius 1 is 1.06 bits per heavy atom. The van der Waals surface area contributed by atoms with Crippen molar-refractivity contribution in [2.75, 3.05) is 19.6 Å². The first-order valence-electron chi connectivity index (χ1n) is 6.33. The normalized spacial score (nSPS) is 12.8. The van der Waals surface area contributed by atoms with Crippen molar-refractivity contribution in [3.05, 3.63) is 30.3 Å². The van der Waals surface area contributed by atoms with Crippen molar-refractivity contribution in [1.29, 1.82) is 0 Å². The van der Waals surface area contributed by atoms with Crippen LogP contribution < -0.4 is 5.19 Å². The standard InChI is InChI=1S/C14H25NSi/c1-5-15(6-2)12-14(3,4)16-13-10-8-7-9-11-13/h7-11H,5-6,12,16H2,1-4H3. The maximum atomic E-state index is 2.54. The van der Waals surface area contributed by atoms with Gasteiger partial charge in [-0.3, -0.25) is 0 Å². The van der Waals surface area contributed by atoms with Gasteiger partial charge in [-0.25, -0.2) is 0 Å². The monoisotopic (exact) mass is 235 g/mol. The largest absolute Gasteiger partial charge is 0.304 e. The molecule has 0 unspecified atom stereocenters. The van der Waals surface area contributed by atoms with Crippen LogP contribution in [0.25, 0.3) is 0 Å². The second kappa shape index (κ2) is 6.21. The molecule has 0 aliphatic rings. The molecule has 0 saturated heterocycles. The summed E-state index contributed by atoms with van der Waals surface area (Å²) in [5, 5.41) is 2.08. The molecule has 0 saturated carbocycles. The molecule has 0 amide bonds. The third kappa shape index (κ3) is 4.50. The van der Waals surface area contributed by atoms with E-state index < -0.39 is 0 Å². The van der Waals surface area contributed by atoms with E-state index >= 15 is 0 Å². The summed E-state index contributed by atoms with van der Waals surface area (Å²) in [7, 11) is -0.187. The van der Waals surface area contributed by atoms with Crippen molar-refractivity contribution in [2.24, 2.45) is 0 Å². The van der Waals surface area contributed by atoms with Crippen LogP contribution in [-0.2, 0) is 0 Å². The number of benzene rings is 1. The number of hydrogen-bond acceptors (Lipinski definition) is 1. The molecule has 16 heavy (non-hydrogen) atoms. The molecule has 0 heterocycles. The quantitative estimate of drug-likeness (QED) is 0.682. The van der Waals surface area contributed by atoms with Gasteiger partial charge in [0.05, 0.1) is 9.52 Å². The third-order valence-corrected chi connectivity index (χ3v) is 5.13. The van der Waals surface area contributed by atoms with Gasteiger partial charge in [0.2, 0.25) is 0 Å². The van der Waals surface area contributed by atoms with Gasteiger partial charge in [-0.1, -0.05) is 63.2 Å². The zero-order chi connectivity index (χ0) is 12.0. The lowest BCUT2D eigenvalue weighted by molar-refractivity contribution is 0.275. The summed E-state index contributed by atoms with van der Waals surface area (Å²) in [5.74, 6) is 0. The summed E-state index contributed by atoms with van der Waals surface area (Å²) < 4.78 is 0. The minimum Gasteiger partial charge on any atom is -0.304 e. The molecule has 0 atom stereocenters. The van der Waals surface area contributed by atoms with E-state index in [0.717, 1.165) is 0 Å². The molecule has 1 aromatic rings. The van der Waals surface area contributed by atoms with Gasteiger partial charge < -0.3 is 4.90 Å². The molecule has 0 bridgehead atoms. The first-order valence-corrected chi connectivity index (χ1v) is 7.75. The molecule has 1 nitrogen and oxygen atoms in total. The van der Waals surface area contributed by atoms with Gasteiger partial charge in [0, 0.05) is 6.54 Å². The summed E-state index contributed by atoms with van der Waals surface area (Å²) >= 11 is 0. The van der Waals surface area contributed by atoms with E-state index in [2.05, 4.69) is 62.9 Å². The van der Waals surface area contributed by atoms with E-state index in [0.29, 0.717) is 5.04 Å². The average molecular weight is 235 g/mol. The summed E-state index contributed by atoms with van der Waals surface area (Å²) in [6.45, 7) is 12.9. The minimum absolute atomic E-state index is 0.187. The number of hydrogen-bond donors (Lipinski definition) is 0. The summed E-state index contributed by atoms with van der Waals surface area (Å²) in [6, 6.07) is 11.0. The molecule has 0 fully saturated rings. The van der Waals surface area contributed by atoms with Gasteiger partial charge in [0.15, 0.2) is 0 Å². The zero-order valence-corrected chi connectivity index (χ0v) is 12.6. The first-order chi connectivity index (χ1) is 7.57. The Bertz CT molecular complexity index is 291. The van der Waals surface area contributed by atoms with E-state index in [4.69, 9.17) is 0 Å². The predicted molar refractivity (Wildman–Crippen MR) is 76.4 cm³/mol. The highest BCUT2D eigenvalue weighted by molar-refractivity contribution is 6.56. The summed E-state index contributed by atoms with van der Waals surface area (Å²) in [5.41, 5.74) is 0. The lowest BCUT2D eigenvalue weighted by atomic mass is 10.2. The molecule has 1 rings (SSSR count). The van der Waals surface area contributed by atoms with Crippen LogP contribution in [0.4, 0.5) is 0 Å². The van der Waals surface area contributed by atoms with Crippen molar-refractivity contribution in [3.8, 4) is 0 Å². The topological polar surface area (TPSA) is 3.24 Å². The van der Waals surface area contributed by atoms with Gasteiger partial charge in [0.1, 0.15) is 0 Å². The molecule has 0 aliphatic carbocycles. The Labute approximate surface area is 103 Å². The molecule has 0 N–H and O–H groups in total. The smallest absolute Gasteiger partial charge is 0.0617 e. The maximum Gasteiger partial charge on any atom is 0.0617 e. The van der Waals surface area contributed by atoms with Crippen molar-refractivity contribution in [1.82, 2.24) is 4.90 Å². The lowest BCUT2D eigenvalue weighted by Gasteiger charge is -2.31. The van der Waals surface area contributed by atoms with E-state index in [1.54, 1.807) is 5.19 Å². The molecule has 1 aromatic carbocycles. The molecule has 90 valence electrons. The lowest BCUT2D eigenvalue weighted by Crippen LogP contribution is -2.37. The second-order valence-electron chi connectivity index (χ2n) is 5.29. The molecule has 0 spiro atoms. The summed E-state index contributed by atoms with van der Waals surface area (Å²) in [4.78, 5) is 2.54. The fourth-order valence-electron chi connectivity index (χ4n) is 2.26. The van der Waals surface area contributed by atoms with E-state index in [1.807, 2.05) is 0 Å². The van der Waals surface area contributed by atoms with Crippen molar-refractivity contribution < 1.29 is 0 Å². The van der Waals surface area contributed by atoms with Crippen LogP contribution in [0, 0.1) is 0 Å². The van der Waals surface area contributed by atoms with Crippen LogP contribution >= 0.6 is 0 Å². The highest BCUT2D eigenvalue weighted by Gasteiger charge is 2.21. The van der Waals surface area contributed by atoms with Crippen LogP contribution in [0.2, 0.25) is 5.04 Å². The van der Waals surface area contributed by atoms with E-state index in [1.165, 1.54) is 19.6 Å². The molecule has 2 heteroatoms. The molecule has 0 aliphatic heterocycles. The maximum absolute atomic E-state index is 2.54. The van der Waals surface area contributed by atoms with E-state index in [-0.39, 0.29) is 9.52 Å². The van der Waals surface area contributed by atoms with Gasteiger partial charge in [-0.2, -0.15) is 0 Å². The van der Waals surface area contributed by atoms with Crippen molar-refractivity contribution in [3.63, 3.8) is 0 Å². The molecular formula is C14H25NSi. The SMILES string of the molecule is CCN(CC)CC(C)(C)[SiH2]c1ccccc1. The zero-order valence-electron chi connectivity index (χ0n) is 11.2. The van der Waals surface area contributed by atoms with Crippen LogP contribution in [-0.4, -0.2) is 34.1 Å². The van der Waals surface area contributed by atoms with Gasteiger partial charge in [0.25, 0.3) is 0 Å². The number of nitrogens with zero attached hydrogens (tertiary/aromatic N) is 1. The number of rotatable bonds is 6. The highest BCUT2D eigenvalue weighted by Crippen LogP contribution is 2.23. The van der Waals surface area contributed by atoms with Crippen LogP contribution in [0.1, 0.15) is 27.7 Å².